The number of anilines is 1. The van der Waals surface area contributed by atoms with Gasteiger partial charge in [0, 0.05) is 11.2 Å². The molecule has 6 nitrogen and oxygen atoms in total. The first-order valence-electron chi connectivity index (χ1n) is 8.86. The maximum Gasteiger partial charge on any atom is 0.274 e. The number of benzene rings is 2. The lowest BCUT2D eigenvalue weighted by molar-refractivity contribution is 0.0956. The quantitative estimate of drug-likeness (QED) is 0.487. The summed E-state index contributed by atoms with van der Waals surface area (Å²) >= 11 is 6.03. The number of rotatable bonds is 5. The number of pyridine rings is 1. The van der Waals surface area contributed by atoms with Gasteiger partial charge in [-0.1, -0.05) is 35.9 Å². The Hall–Kier alpha value is -3.51. The molecule has 0 fully saturated rings. The van der Waals surface area contributed by atoms with E-state index in [2.05, 4.69) is 20.8 Å². The molecular weight excluding hydrogens is 388 g/mol. The van der Waals surface area contributed by atoms with Gasteiger partial charge in [0.25, 0.3) is 11.8 Å². The topological polar surface area (TPSA) is 83.5 Å². The van der Waals surface area contributed by atoms with Crippen LogP contribution in [0.4, 0.5) is 5.69 Å². The lowest BCUT2D eigenvalue weighted by atomic mass is 10.1. The molecule has 146 valence electrons. The zero-order valence-electron chi connectivity index (χ0n) is 15.9. The molecule has 0 radical (unpaired) electrons. The van der Waals surface area contributed by atoms with Gasteiger partial charge in [-0.05, 0) is 60.9 Å². The van der Waals surface area contributed by atoms with Gasteiger partial charge < -0.3 is 5.32 Å². The van der Waals surface area contributed by atoms with Crippen LogP contribution in [0, 0.1) is 13.8 Å². The Morgan fingerprint density at radius 3 is 2.55 bits per heavy atom. The molecule has 0 saturated carbocycles. The van der Waals surface area contributed by atoms with Crippen LogP contribution < -0.4 is 10.7 Å². The molecule has 0 unspecified atom stereocenters. The molecule has 29 heavy (non-hydrogen) atoms. The number of hydrazone groups is 1. The fourth-order valence-corrected chi connectivity index (χ4v) is 2.74. The minimum atomic E-state index is -0.496. The molecule has 0 aliphatic rings. The summed E-state index contributed by atoms with van der Waals surface area (Å²) in [6, 6.07) is 15.5. The molecule has 7 heteroatoms. The first kappa shape index (κ1) is 20.2. The second-order valence-corrected chi connectivity index (χ2v) is 6.84. The standard InChI is InChI=1S/C22H19ClN4O2/c1-14-6-7-16(11-15(14)2)13-25-27-21(28)18-12-17(23)8-9-19(18)26-22(29)20-5-3-4-10-24-20/h3-13H,1-2H3,(H,26,29)(H,27,28)/b25-13+. The summed E-state index contributed by atoms with van der Waals surface area (Å²) in [6.07, 6.45) is 3.08. The number of hydrogen-bond donors (Lipinski definition) is 2. The van der Waals surface area contributed by atoms with Gasteiger partial charge >= 0.3 is 0 Å². The smallest absolute Gasteiger partial charge is 0.274 e. The largest absolute Gasteiger partial charge is 0.320 e. The Morgan fingerprint density at radius 2 is 1.83 bits per heavy atom. The number of halogens is 1. The summed E-state index contributed by atoms with van der Waals surface area (Å²) in [5.41, 5.74) is 6.38. The van der Waals surface area contributed by atoms with Gasteiger partial charge in [0.05, 0.1) is 17.5 Å². The SMILES string of the molecule is Cc1ccc(/C=N/NC(=O)c2cc(Cl)ccc2NC(=O)c2ccccn2)cc1C. The highest BCUT2D eigenvalue weighted by molar-refractivity contribution is 6.31. The van der Waals surface area contributed by atoms with E-state index >= 15 is 0 Å². The van der Waals surface area contributed by atoms with Crippen molar-refractivity contribution in [3.8, 4) is 0 Å². The number of carbonyl (C=O) groups excluding carboxylic acids is 2. The highest BCUT2D eigenvalue weighted by atomic mass is 35.5. The fourth-order valence-electron chi connectivity index (χ4n) is 2.57. The van der Waals surface area contributed by atoms with Gasteiger partial charge in [0.2, 0.25) is 0 Å². The van der Waals surface area contributed by atoms with E-state index in [1.165, 1.54) is 17.8 Å². The Morgan fingerprint density at radius 1 is 1.00 bits per heavy atom. The van der Waals surface area contributed by atoms with E-state index < -0.39 is 11.8 Å². The predicted molar refractivity (Wildman–Crippen MR) is 115 cm³/mol. The van der Waals surface area contributed by atoms with Crippen molar-refractivity contribution < 1.29 is 9.59 Å². The van der Waals surface area contributed by atoms with Crippen LogP contribution in [0.15, 0.2) is 65.9 Å². The van der Waals surface area contributed by atoms with E-state index in [0.29, 0.717) is 10.7 Å². The Bertz CT molecular complexity index is 1080. The third kappa shape index (κ3) is 5.27. The van der Waals surface area contributed by atoms with Crippen molar-refractivity contribution in [1.82, 2.24) is 10.4 Å². The van der Waals surface area contributed by atoms with Crippen LogP contribution in [0.3, 0.4) is 0 Å². The van der Waals surface area contributed by atoms with Crippen LogP contribution in [0.2, 0.25) is 5.02 Å². The Balaban J connectivity index is 1.75. The molecule has 0 bridgehead atoms. The molecule has 3 aromatic rings. The number of carbonyl (C=O) groups is 2. The molecule has 0 aliphatic carbocycles. The van der Waals surface area contributed by atoms with Crippen LogP contribution >= 0.6 is 11.6 Å². The zero-order chi connectivity index (χ0) is 20.8. The number of hydrogen-bond acceptors (Lipinski definition) is 4. The molecular formula is C22H19ClN4O2. The molecule has 2 aromatic carbocycles. The monoisotopic (exact) mass is 406 g/mol. The van der Waals surface area contributed by atoms with Crippen molar-refractivity contribution in [3.63, 3.8) is 0 Å². The molecule has 0 atom stereocenters. The van der Waals surface area contributed by atoms with Crippen LogP contribution in [-0.4, -0.2) is 23.0 Å². The molecule has 0 spiro atoms. The van der Waals surface area contributed by atoms with Gasteiger partial charge in [0.15, 0.2) is 0 Å². The summed E-state index contributed by atoms with van der Waals surface area (Å²) in [5, 5.41) is 7.05. The molecule has 0 aliphatic heterocycles. The van der Waals surface area contributed by atoms with Crippen LogP contribution in [0.1, 0.15) is 37.5 Å². The van der Waals surface area contributed by atoms with E-state index in [1.54, 1.807) is 36.5 Å². The third-order valence-corrected chi connectivity index (χ3v) is 4.52. The van der Waals surface area contributed by atoms with Gasteiger partial charge in [-0.3, -0.25) is 14.6 Å². The number of aromatic nitrogens is 1. The van der Waals surface area contributed by atoms with Crippen LogP contribution in [0.25, 0.3) is 0 Å². The number of nitrogens with one attached hydrogen (secondary N) is 2. The maximum absolute atomic E-state index is 12.6. The fraction of sp³-hybridized carbons (Fsp3) is 0.0909. The predicted octanol–water partition coefficient (Wildman–Crippen LogP) is 4.37. The van der Waals surface area contributed by atoms with E-state index in [1.807, 2.05) is 32.0 Å². The molecule has 2 amide bonds. The average Bonchev–Trinajstić information content (AvgIpc) is 2.72. The number of aryl methyl sites for hydroxylation is 2. The Kier molecular flexibility index (Phi) is 6.36. The summed E-state index contributed by atoms with van der Waals surface area (Å²) in [7, 11) is 0. The first-order chi connectivity index (χ1) is 13.9. The van der Waals surface area contributed by atoms with Gasteiger partial charge in [-0.2, -0.15) is 5.10 Å². The minimum absolute atomic E-state index is 0.194. The van der Waals surface area contributed by atoms with Gasteiger partial charge in [-0.15, -0.1) is 0 Å². The summed E-state index contributed by atoms with van der Waals surface area (Å²) < 4.78 is 0. The summed E-state index contributed by atoms with van der Waals surface area (Å²) in [4.78, 5) is 29.0. The normalized spacial score (nSPS) is 10.7. The second-order valence-electron chi connectivity index (χ2n) is 6.40. The zero-order valence-corrected chi connectivity index (χ0v) is 16.7. The van der Waals surface area contributed by atoms with Gasteiger partial charge in [0.1, 0.15) is 5.69 Å². The second kappa shape index (κ2) is 9.12. The maximum atomic E-state index is 12.6. The molecule has 1 heterocycles. The average molecular weight is 407 g/mol. The third-order valence-electron chi connectivity index (χ3n) is 4.28. The van der Waals surface area contributed by atoms with Crippen molar-refractivity contribution in [2.45, 2.75) is 13.8 Å². The highest BCUT2D eigenvalue weighted by Gasteiger charge is 2.15. The van der Waals surface area contributed by atoms with Crippen LogP contribution in [-0.2, 0) is 0 Å². The van der Waals surface area contributed by atoms with Crippen molar-refractivity contribution in [2.24, 2.45) is 5.10 Å². The summed E-state index contributed by atoms with van der Waals surface area (Å²) in [5.74, 6) is -0.926. The van der Waals surface area contributed by atoms with Gasteiger partial charge in [-0.25, -0.2) is 5.43 Å². The Labute approximate surface area is 173 Å². The lowest BCUT2D eigenvalue weighted by Gasteiger charge is -2.10. The van der Waals surface area contributed by atoms with Crippen molar-refractivity contribution in [2.75, 3.05) is 5.32 Å². The van der Waals surface area contributed by atoms with Crippen molar-refractivity contribution in [1.29, 1.82) is 0 Å². The minimum Gasteiger partial charge on any atom is -0.320 e. The van der Waals surface area contributed by atoms with Crippen LogP contribution in [0.5, 0.6) is 0 Å². The van der Waals surface area contributed by atoms with E-state index in [-0.39, 0.29) is 11.3 Å². The van der Waals surface area contributed by atoms with E-state index in [0.717, 1.165) is 11.1 Å². The van der Waals surface area contributed by atoms with E-state index in [9.17, 15) is 9.59 Å². The van der Waals surface area contributed by atoms with Crippen molar-refractivity contribution >= 4 is 35.3 Å². The van der Waals surface area contributed by atoms with E-state index in [4.69, 9.17) is 11.6 Å². The van der Waals surface area contributed by atoms with Crippen molar-refractivity contribution in [3.05, 3.63) is 93.8 Å². The number of nitrogens with zero attached hydrogens (tertiary/aromatic N) is 2. The lowest BCUT2D eigenvalue weighted by Crippen LogP contribution is -2.21. The molecule has 1 aromatic heterocycles. The molecule has 3 rings (SSSR count). The number of amides is 2. The highest BCUT2D eigenvalue weighted by Crippen LogP contribution is 2.21. The first-order valence-corrected chi connectivity index (χ1v) is 9.24. The molecule has 2 N–H and O–H groups in total. The summed E-state index contributed by atoms with van der Waals surface area (Å²) in [6.45, 7) is 4.03. The molecule has 0 saturated heterocycles.